The predicted octanol–water partition coefficient (Wildman–Crippen LogP) is 3.66. The van der Waals surface area contributed by atoms with Crippen LogP contribution in [0.3, 0.4) is 0 Å². The molecular formula is C23H23FN2O5S2. The molecule has 1 amide bonds. The Kier molecular flexibility index (Phi) is 5.75. The van der Waals surface area contributed by atoms with Crippen molar-refractivity contribution < 1.29 is 27.1 Å². The first-order chi connectivity index (χ1) is 15.9. The van der Waals surface area contributed by atoms with Crippen molar-refractivity contribution in [3.05, 3.63) is 52.7 Å². The maximum absolute atomic E-state index is 14.2. The first kappa shape index (κ1) is 22.1. The number of carbonyl (C=O) groups is 1. The van der Waals surface area contributed by atoms with Gasteiger partial charge in [-0.3, -0.25) is 4.79 Å². The van der Waals surface area contributed by atoms with E-state index in [9.17, 15) is 17.6 Å². The molecule has 3 heterocycles. The summed E-state index contributed by atoms with van der Waals surface area (Å²) in [4.78, 5) is 15.4. The lowest BCUT2D eigenvalue weighted by atomic mass is 10.1. The monoisotopic (exact) mass is 490 g/mol. The molecule has 0 unspecified atom stereocenters. The van der Waals surface area contributed by atoms with Crippen molar-refractivity contribution in [2.24, 2.45) is 0 Å². The molecule has 0 radical (unpaired) electrons. The van der Waals surface area contributed by atoms with E-state index in [0.717, 1.165) is 11.1 Å². The lowest BCUT2D eigenvalue weighted by Gasteiger charge is -2.34. The zero-order valence-corrected chi connectivity index (χ0v) is 19.7. The van der Waals surface area contributed by atoms with Gasteiger partial charge in [0.05, 0.1) is 23.0 Å². The fourth-order valence-electron chi connectivity index (χ4n) is 4.19. The van der Waals surface area contributed by atoms with Crippen LogP contribution in [0.5, 0.6) is 11.5 Å². The largest absolute Gasteiger partial charge is 0.490 e. The Morgan fingerprint density at radius 1 is 1.03 bits per heavy atom. The molecule has 174 valence electrons. The van der Waals surface area contributed by atoms with Crippen LogP contribution in [-0.4, -0.2) is 62.9 Å². The highest BCUT2D eigenvalue weighted by Crippen LogP contribution is 2.35. The summed E-state index contributed by atoms with van der Waals surface area (Å²) >= 11 is 1.27. The summed E-state index contributed by atoms with van der Waals surface area (Å²) in [6, 6.07) is 9.46. The molecule has 2 aliphatic heterocycles. The first-order valence-corrected chi connectivity index (χ1v) is 13.0. The van der Waals surface area contributed by atoms with Gasteiger partial charge in [-0.1, -0.05) is 6.07 Å². The van der Waals surface area contributed by atoms with Gasteiger partial charge in [0.15, 0.2) is 11.5 Å². The number of ether oxygens (including phenoxy) is 2. The van der Waals surface area contributed by atoms with Crippen LogP contribution in [0.25, 0.3) is 10.1 Å². The van der Waals surface area contributed by atoms with E-state index in [1.807, 2.05) is 0 Å². The second-order valence-electron chi connectivity index (χ2n) is 8.02. The average molecular weight is 491 g/mol. The van der Waals surface area contributed by atoms with E-state index in [-0.39, 0.29) is 42.8 Å². The number of sulfonamides is 1. The summed E-state index contributed by atoms with van der Waals surface area (Å²) in [7, 11) is -3.74. The molecule has 0 bridgehead atoms. The van der Waals surface area contributed by atoms with E-state index in [4.69, 9.17) is 9.47 Å². The summed E-state index contributed by atoms with van der Waals surface area (Å²) in [5.74, 6) is 0.430. The number of hydrogen-bond donors (Lipinski definition) is 0. The van der Waals surface area contributed by atoms with E-state index < -0.39 is 10.0 Å². The quantitative estimate of drug-likeness (QED) is 0.560. The minimum atomic E-state index is -3.74. The van der Waals surface area contributed by atoms with Crippen LogP contribution < -0.4 is 9.47 Å². The maximum Gasteiger partial charge on any atom is 0.264 e. The number of piperazine rings is 1. The Labute approximate surface area is 195 Å². The average Bonchev–Trinajstić information content (AvgIpc) is 3.00. The molecular weight excluding hydrogens is 467 g/mol. The zero-order valence-electron chi connectivity index (χ0n) is 18.0. The highest BCUT2D eigenvalue weighted by atomic mass is 32.2. The number of halogens is 1. The molecule has 2 aromatic carbocycles. The molecule has 1 fully saturated rings. The molecule has 0 spiro atoms. The SMILES string of the molecule is Cc1c(C(=O)N2CCN(S(=O)(=O)c3ccc4c(c3)OCCCO4)CC2)sc2cccc(F)c12. The zero-order chi connectivity index (χ0) is 23.2. The van der Waals surface area contributed by atoms with Crippen LogP contribution in [0.4, 0.5) is 4.39 Å². The second-order valence-corrected chi connectivity index (χ2v) is 11.0. The number of hydrogen-bond acceptors (Lipinski definition) is 6. The van der Waals surface area contributed by atoms with E-state index in [1.165, 1.54) is 33.8 Å². The topological polar surface area (TPSA) is 76.2 Å². The smallest absolute Gasteiger partial charge is 0.264 e. The minimum absolute atomic E-state index is 0.141. The van der Waals surface area contributed by atoms with Crippen molar-refractivity contribution in [2.45, 2.75) is 18.2 Å². The van der Waals surface area contributed by atoms with Crippen LogP contribution in [0.15, 0.2) is 41.3 Å². The Balaban J connectivity index is 1.32. The molecule has 3 aromatic rings. The highest BCUT2D eigenvalue weighted by Gasteiger charge is 2.32. The van der Waals surface area contributed by atoms with Gasteiger partial charge in [-0.15, -0.1) is 11.3 Å². The van der Waals surface area contributed by atoms with Crippen LogP contribution in [0, 0.1) is 12.7 Å². The first-order valence-electron chi connectivity index (χ1n) is 10.7. The summed E-state index contributed by atoms with van der Waals surface area (Å²) < 4.78 is 54.0. The lowest BCUT2D eigenvalue weighted by Crippen LogP contribution is -2.50. The molecule has 0 aliphatic carbocycles. The third-order valence-electron chi connectivity index (χ3n) is 5.98. The molecule has 1 saturated heterocycles. The molecule has 0 saturated carbocycles. The lowest BCUT2D eigenvalue weighted by molar-refractivity contribution is 0.0702. The van der Waals surface area contributed by atoms with Gasteiger partial charge in [0.1, 0.15) is 5.82 Å². The number of thiophene rings is 1. The Morgan fingerprint density at radius 2 is 1.76 bits per heavy atom. The Morgan fingerprint density at radius 3 is 2.48 bits per heavy atom. The van der Waals surface area contributed by atoms with Gasteiger partial charge < -0.3 is 14.4 Å². The standard InChI is InChI=1S/C23H23FN2O5S2/c1-15-21-17(24)4-2-5-20(21)32-22(15)23(27)25-8-10-26(11-9-25)33(28,29)16-6-7-18-19(14-16)31-13-3-12-30-18/h2,4-7,14H,3,8-13H2,1H3. The fourth-order valence-corrected chi connectivity index (χ4v) is 6.81. The molecule has 1 aromatic heterocycles. The maximum atomic E-state index is 14.2. The summed E-state index contributed by atoms with van der Waals surface area (Å²) in [6.45, 7) is 3.64. The van der Waals surface area contributed by atoms with Crippen LogP contribution >= 0.6 is 11.3 Å². The van der Waals surface area contributed by atoms with Crippen molar-refractivity contribution in [3.8, 4) is 11.5 Å². The van der Waals surface area contributed by atoms with Crippen LogP contribution in [-0.2, 0) is 10.0 Å². The summed E-state index contributed by atoms with van der Waals surface area (Å²) in [5.41, 5.74) is 0.625. The number of benzene rings is 2. The van der Waals surface area contributed by atoms with Gasteiger partial charge in [-0.05, 0) is 36.8 Å². The number of fused-ring (bicyclic) bond motifs is 2. The molecule has 2 aliphatic rings. The van der Waals surface area contributed by atoms with E-state index >= 15 is 0 Å². The molecule has 0 atom stereocenters. The molecule has 7 nitrogen and oxygen atoms in total. The van der Waals surface area contributed by atoms with E-state index in [1.54, 1.807) is 30.0 Å². The van der Waals surface area contributed by atoms with Crippen molar-refractivity contribution in [1.29, 1.82) is 0 Å². The van der Waals surface area contributed by atoms with Crippen molar-refractivity contribution >= 4 is 37.4 Å². The van der Waals surface area contributed by atoms with Crippen LogP contribution in [0.1, 0.15) is 21.7 Å². The number of aryl methyl sites for hydroxylation is 1. The van der Waals surface area contributed by atoms with Crippen molar-refractivity contribution in [2.75, 3.05) is 39.4 Å². The second kappa shape index (κ2) is 8.58. The Bertz CT molecular complexity index is 1330. The minimum Gasteiger partial charge on any atom is -0.490 e. The van der Waals surface area contributed by atoms with Gasteiger partial charge in [0, 0.05) is 48.8 Å². The predicted molar refractivity (Wildman–Crippen MR) is 123 cm³/mol. The number of nitrogens with zero attached hydrogens (tertiary/aromatic N) is 2. The van der Waals surface area contributed by atoms with Gasteiger partial charge in [0.25, 0.3) is 5.91 Å². The van der Waals surface area contributed by atoms with Crippen LogP contribution in [0.2, 0.25) is 0 Å². The number of rotatable bonds is 3. The normalized spacial score (nSPS) is 17.2. The van der Waals surface area contributed by atoms with Gasteiger partial charge >= 0.3 is 0 Å². The highest BCUT2D eigenvalue weighted by molar-refractivity contribution is 7.89. The van der Waals surface area contributed by atoms with E-state index in [0.29, 0.717) is 40.5 Å². The molecule has 0 N–H and O–H groups in total. The van der Waals surface area contributed by atoms with Gasteiger partial charge in [-0.25, -0.2) is 12.8 Å². The fraction of sp³-hybridized carbons (Fsp3) is 0.348. The van der Waals surface area contributed by atoms with Gasteiger partial charge in [-0.2, -0.15) is 4.31 Å². The number of carbonyl (C=O) groups excluding carboxylic acids is 1. The molecule has 5 rings (SSSR count). The Hall–Kier alpha value is -2.69. The third-order valence-corrected chi connectivity index (χ3v) is 9.12. The summed E-state index contributed by atoms with van der Waals surface area (Å²) in [6.07, 6.45) is 0.735. The van der Waals surface area contributed by atoms with Gasteiger partial charge in [0.2, 0.25) is 10.0 Å². The van der Waals surface area contributed by atoms with E-state index in [2.05, 4.69) is 0 Å². The van der Waals surface area contributed by atoms with Crippen molar-refractivity contribution in [3.63, 3.8) is 0 Å². The number of amides is 1. The third kappa shape index (κ3) is 3.96. The molecule has 10 heteroatoms. The van der Waals surface area contributed by atoms with Crippen molar-refractivity contribution in [1.82, 2.24) is 9.21 Å². The molecule has 33 heavy (non-hydrogen) atoms. The summed E-state index contributed by atoms with van der Waals surface area (Å²) in [5, 5.41) is 0.474.